The number of aliphatic hydroxyl groups is 1. The number of hydrogen-bond donors (Lipinski definition) is 3. The van der Waals surface area contributed by atoms with Gasteiger partial charge in [-0.25, -0.2) is 9.13 Å². The number of aliphatic hydroxyl groups excluding tert-OH is 1. The van der Waals surface area contributed by atoms with Crippen LogP contribution in [-0.4, -0.2) is 96.7 Å². The number of ether oxygens (including phenoxy) is 4. The van der Waals surface area contributed by atoms with Crippen molar-refractivity contribution in [2.45, 2.75) is 406 Å². The highest BCUT2D eigenvalue weighted by atomic mass is 31.2. The molecule has 0 amide bonds. The monoisotopic (exact) mass is 1370 g/mol. The average molecular weight is 1370 g/mol. The first-order valence-electron chi connectivity index (χ1n) is 38.6. The van der Waals surface area contributed by atoms with Gasteiger partial charge in [0.2, 0.25) is 0 Å². The molecule has 93 heavy (non-hydrogen) atoms. The summed E-state index contributed by atoms with van der Waals surface area (Å²) in [6.45, 7) is 7.26. The van der Waals surface area contributed by atoms with E-state index in [2.05, 4.69) is 34.6 Å². The fourth-order valence-corrected chi connectivity index (χ4v) is 12.9. The summed E-state index contributed by atoms with van der Waals surface area (Å²) in [5.41, 5.74) is 0. The second-order valence-electron chi connectivity index (χ2n) is 27.2. The van der Waals surface area contributed by atoms with Crippen molar-refractivity contribution in [3.8, 4) is 0 Å². The van der Waals surface area contributed by atoms with Crippen LogP contribution in [0.15, 0.2) is 0 Å². The molecule has 552 valence electrons. The fraction of sp³-hybridized carbons (Fsp3) is 0.946. The summed E-state index contributed by atoms with van der Waals surface area (Å²) in [5.74, 6) is -1.35. The molecule has 2 unspecified atom stereocenters. The van der Waals surface area contributed by atoms with Crippen molar-refractivity contribution >= 4 is 39.5 Å². The first-order valence-corrected chi connectivity index (χ1v) is 41.6. The lowest BCUT2D eigenvalue weighted by molar-refractivity contribution is -0.161. The summed E-state index contributed by atoms with van der Waals surface area (Å²) in [5, 5.41) is 10.6. The Balaban J connectivity index is 5.20. The minimum Gasteiger partial charge on any atom is -0.462 e. The highest BCUT2D eigenvalue weighted by molar-refractivity contribution is 7.47. The van der Waals surface area contributed by atoms with Gasteiger partial charge >= 0.3 is 39.5 Å². The van der Waals surface area contributed by atoms with Crippen LogP contribution in [0.3, 0.4) is 0 Å². The van der Waals surface area contributed by atoms with Crippen LogP contribution in [0.2, 0.25) is 0 Å². The Kier molecular flexibility index (Phi) is 65.9. The maximum atomic E-state index is 13.1. The predicted octanol–water partition coefficient (Wildman–Crippen LogP) is 21.7. The second-order valence-corrected chi connectivity index (χ2v) is 30.1. The quantitative estimate of drug-likeness (QED) is 0.0222. The number of phosphoric ester groups is 2. The molecule has 0 rings (SSSR count). The van der Waals surface area contributed by atoms with Gasteiger partial charge in [-0.15, -0.1) is 0 Å². The normalized spacial score (nSPS) is 14.0. The van der Waals surface area contributed by atoms with Crippen LogP contribution >= 0.6 is 15.6 Å². The van der Waals surface area contributed by atoms with Crippen molar-refractivity contribution in [3.63, 3.8) is 0 Å². The molecular weight excluding hydrogens is 1220 g/mol. The molecular formula is C74H144O17P2. The van der Waals surface area contributed by atoms with E-state index in [0.717, 1.165) is 102 Å². The van der Waals surface area contributed by atoms with E-state index >= 15 is 0 Å². The molecule has 19 heteroatoms. The van der Waals surface area contributed by atoms with Gasteiger partial charge in [0.05, 0.1) is 26.4 Å². The number of unbranched alkanes of at least 4 members (excludes halogenated alkanes) is 46. The number of esters is 4. The van der Waals surface area contributed by atoms with Gasteiger partial charge in [0.25, 0.3) is 0 Å². The SMILES string of the molecule is CCCCCCCCCCCCCCCCCCCCCC(=O)O[C@H](COC(=O)CCCCCCCCCCCCCC(C)C)COP(=O)(O)OC[C@@H](O)COP(=O)(O)OC[C@@H](COC(=O)CCCCCCCCCC)OC(=O)CCCCCCCCCCCCCC. The van der Waals surface area contributed by atoms with E-state index in [1.807, 2.05) is 0 Å². The first-order chi connectivity index (χ1) is 45.0. The zero-order valence-corrected chi connectivity index (χ0v) is 62.2. The Bertz CT molecular complexity index is 1790. The van der Waals surface area contributed by atoms with Gasteiger partial charge in [-0.2, -0.15) is 0 Å². The van der Waals surface area contributed by atoms with Gasteiger partial charge in [0, 0.05) is 25.7 Å². The molecule has 0 aromatic heterocycles. The van der Waals surface area contributed by atoms with E-state index in [4.69, 9.17) is 37.0 Å². The predicted molar refractivity (Wildman–Crippen MR) is 377 cm³/mol. The molecule has 0 fully saturated rings. The molecule has 0 aromatic carbocycles. The lowest BCUT2D eigenvalue weighted by Crippen LogP contribution is -2.30. The molecule has 0 spiro atoms. The van der Waals surface area contributed by atoms with Crippen molar-refractivity contribution in [2.75, 3.05) is 39.6 Å². The standard InChI is InChI=1S/C74H144O17P2/c1-6-9-12-15-18-21-23-25-26-27-28-29-30-31-35-40-45-50-55-60-74(79)91-70(64-85-72(77)58-53-48-43-38-36-32-33-37-41-46-51-56-67(4)5)66-89-93(82,83)87-62-68(75)61-86-92(80,81)88-65-69(63-84-71(76)57-52-47-42-20-17-14-11-8-3)90-73(78)59-54-49-44-39-34-24-22-19-16-13-10-7-2/h67-70,75H,6-66H2,1-5H3,(H,80,81)(H,82,83)/t68-,69+,70+/m0/s1. The first kappa shape index (κ1) is 91.1. The van der Waals surface area contributed by atoms with E-state index in [0.29, 0.717) is 25.7 Å². The largest absolute Gasteiger partial charge is 0.472 e. The Morgan fingerprint density at radius 2 is 0.495 bits per heavy atom. The minimum atomic E-state index is -4.95. The van der Waals surface area contributed by atoms with Crippen LogP contribution < -0.4 is 0 Å². The molecule has 0 aliphatic rings. The van der Waals surface area contributed by atoms with Crippen LogP contribution in [-0.2, 0) is 65.4 Å². The summed E-state index contributed by atoms with van der Waals surface area (Å²) in [6.07, 6.45) is 55.5. The molecule has 5 atom stereocenters. The number of carbonyl (C=O) groups excluding carboxylic acids is 4. The lowest BCUT2D eigenvalue weighted by Gasteiger charge is -2.21. The Morgan fingerprint density at radius 1 is 0.290 bits per heavy atom. The number of phosphoric acid groups is 2. The summed E-state index contributed by atoms with van der Waals surface area (Å²) >= 11 is 0. The summed E-state index contributed by atoms with van der Waals surface area (Å²) in [4.78, 5) is 72.6. The van der Waals surface area contributed by atoms with Crippen LogP contribution in [0.5, 0.6) is 0 Å². The number of carbonyl (C=O) groups is 4. The van der Waals surface area contributed by atoms with Crippen molar-refractivity contribution in [1.29, 1.82) is 0 Å². The van der Waals surface area contributed by atoms with Crippen LogP contribution in [0.25, 0.3) is 0 Å². The smallest absolute Gasteiger partial charge is 0.462 e. The summed E-state index contributed by atoms with van der Waals surface area (Å²) < 4.78 is 68.4. The molecule has 0 saturated carbocycles. The molecule has 3 N–H and O–H groups in total. The molecule has 0 heterocycles. The maximum absolute atomic E-state index is 13.1. The molecule has 0 aliphatic heterocycles. The van der Waals surface area contributed by atoms with Crippen molar-refractivity contribution in [2.24, 2.45) is 5.92 Å². The Morgan fingerprint density at radius 3 is 0.731 bits per heavy atom. The number of hydrogen-bond acceptors (Lipinski definition) is 15. The van der Waals surface area contributed by atoms with Gasteiger partial charge in [0.15, 0.2) is 12.2 Å². The Hall–Kier alpha value is -1.94. The third-order valence-corrected chi connectivity index (χ3v) is 19.2. The van der Waals surface area contributed by atoms with Crippen LogP contribution in [0.4, 0.5) is 0 Å². The second kappa shape index (κ2) is 67.3. The van der Waals surface area contributed by atoms with E-state index in [9.17, 15) is 43.2 Å². The van der Waals surface area contributed by atoms with Crippen molar-refractivity contribution in [3.05, 3.63) is 0 Å². The fourth-order valence-electron chi connectivity index (χ4n) is 11.4. The zero-order valence-electron chi connectivity index (χ0n) is 60.4. The molecule has 17 nitrogen and oxygen atoms in total. The van der Waals surface area contributed by atoms with Crippen molar-refractivity contribution < 1.29 is 80.2 Å². The topological polar surface area (TPSA) is 237 Å². The summed E-state index contributed by atoms with van der Waals surface area (Å²) in [6, 6.07) is 0. The molecule has 0 radical (unpaired) electrons. The third-order valence-electron chi connectivity index (χ3n) is 17.3. The third kappa shape index (κ3) is 68.4. The van der Waals surface area contributed by atoms with Gasteiger partial charge in [-0.3, -0.25) is 37.3 Å². The minimum absolute atomic E-state index is 0.107. The van der Waals surface area contributed by atoms with E-state index in [1.165, 1.54) is 205 Å². The summed E-state index contributed by atoms with van der Waals surface area (Å²) in [7, 11) is -9.90. The van der Waals surface area contributed by atoms with E-state index in [1.54, 1.807) is 0 Å². The van der Waals surface area contributed by atoms with Crippen LogP contribution in [0, 0.1) is 5.92 Å². The van der Waals surface area contributed by atoms with Crippen molar-refractivity contribution in [1.82, 2.24) is 0 Å². The molecule has 0 aromatic rings. The Labute approximate surface area is 568 Å². The van der Waals surface area contributed by atoms with E-state index < -0.39 is 97.5 Å². The zero-order chi connectivity index (χ0) is 68.4. The average Bonchev–Trinajstić information content (AvgIpc) is 3.72. The lowest BCUT2D eigenvalue weighted by atomic mass is 10.0. The highest BCUT2D eigenvalue weighted by Gasteiger charge is 2.30. The number of rotatable bonds is 74. The highest BCUT2D eigenvalue weighted by Crippen LogP contribution is 2.45. The van der Waals surface area contributed by atoms with Crippen LogP contribution in [0.1, 0.15) is 388 Å². The molecule has 0 aliphatic carbocycles. The van der Waals surface area contributed by atoms with Gasteiger partial charge in [-0.1, -0.05) is 336 Å². The van der Waals surface area contributed by atoms with E-state index in [-0.39, 0.29) is 25.7 Å². The molecule has 0 saturated heterocycles. The van der Waals surface area contributed by atoms with Gasteiger partial charge in [-0.05, 0) is 31.6 Å². The van der Waals surface area contributed by atoms with Gasteiger partial charge < -0.3 is 33.8 Å². The maximum Gasteiger partial charge on any atom is 0.472 e. The van der Waals surface area contributed by atoms with Gasteiger partial charge in [0.1, 0.15) is 19.3 Å². The molecule has 0 bridgehead atoms.